The van der Waals surface area contributed by atoms with E-state index in [1.165, 1.54) is 6.92 Å². The van der Waals surface area contributed by atoms with Crippen LogP contribution in [0.3, 0.4) is 0 Å². The molecule has 1 aliphatic rings. The summed E-state index contributed by atoms with van der Waals surface area (Å²) in [5.74, 6) is 0.549. The number of carbonyl (C=O) groups is 1. The molecule has 0 spiro atoms. The van der Waals surface area contributed by atoms with Gasteiger partial charge in [0.1, 0.15) is 0 Å². The fraction of sp³-hybridized carbons (Fsp3) is 0.600. The van der Waals surface area contributed by atoms with E-state index < -0.39 is 5.60 Å². The summed E-state index contributed by atoms with van der Waals surface area (Å²) in [6.45, 7) is 10.6. The van der Waals surface area contributed by atoms with Gasteiger partial charge in [-0.2, -0.15) is 0 Å². The number of benzene rings is 1. The molecule has 0 bridgehead atoms. The molecule has 4 N–H and O–H groups in total. The summed E-state index contributed by atoms with van der Waals surface area (Å²) in [7, 11) is 0. The van der Waals surface area contributed by atoms with Crippen LogP contribution in [0, 0.1) is 0 Å². The summed E-state index contributed by atoms with van der Waals surface area (Å²) in [5, 5.41) is 19.9. The molecule has 1 heterocycles. The van der Waals surface area contributed by atoms with E-state index in [9.17, 15) is 9.90 Å². The molecule has 1 aliphatic heterocycles. The lowest BCUT2D eigenvalue weighted by Crippen LogP contribution is -2.52. The molecule has 1 saturated heterocycles. The first-order valence-corrected chi connectivity index (χ1v) is 9.79. The number of rotatable bonds is 8. The molecule has 0 aromatic heterocycles. The summed E-state index contributed by atoms with van der Waals surface area (Å²) in [5.41, 5.74) is 0.869. The highest BCUT2D eigenvalue weighted by Crippen LogP contribution is 2.12. The maximum atomic E-state index is 11.2. The van der Waals surface area contributed by atoms with Crippen LogP contribution in [0.15, 0.2) is 29.3 Å². The van der Waals surface area contributed by atoms with Crippen molar-refractivity contribution in [3.63, 3.8) is 0 Å². The van der Waals surface area contributed by atoms with Gasteiger partial charge in [-0.25, -0.2) is 4.99 Å². The van der Waals surface area contributed by atoms with Crippen molar-refractivity contribution in [3.05, 3.63) is 29.8 Å². The van der Waals surface area contributed by atoms with Gasteiger partial charge in [-0.05, 0) is 31.5 Å². The van der Waals surface area contributed by atoms with Gasteiger partial charge in [0.25, 0.3) is 0 Å². The van der Waals surface area contributed by atoms with Gasteiger partial charge in [0.2, 0.25) is 5.91 Å². The molecule has 1 unspecified atom stereocenters. The fourth-order valence-corrected chi connectivity index (χ4v) is 3.03. The number of anilines is 1. The second-order valence-electron chi connectivity index (χ2n) is 7.32. The second-order valence-corrected chi connectivity index (χ2v) is 7.32. The Balaban J connectivity index is 1.91. The van der Waals surface area contributed by atoms with Crippen molar-refractivity contribution in [2.45, 2.75) is 32.9 Å². The van der Waals surface area contributed by atoms with Gasteiger partial charge in [0.05, 0.1) is 25.4 Å². The van der Waals surface area contributed by atoms with Crippen molar-refractivity contribution < 1.29 is 14.6 Å². The second kappa shape index (κ2) is 11.0. The molecular weight excluding hydrogens is 358 g/mol. The third kappa shape index (κ3) is 8.24. The molecule has 8 heteroatoms. The Labute approximate surface area is 167 Å². The van der Waals surface area contributed by atoms with Gasteiger partial charge in [0.15, 0.2) is 5.96 Å². The van der Waals surface area contributed by atoms with Crippen LogP contribution in [0.1, 0.15) is 26.3 Å². The van der Waals surface area contributed by atoms with E-state index in [0.717, 1.165) is 30.9 Å². The molecule has 156 valence electrons. The van der Waals surface area contributed by atoms with Crippen LogP contribution in [0.4, 0.5) is 5.69 Å². The lowest BCUT2D eigenvalue weighted by Gasteiger charge is -2.34. The predicted octanol–water partition coefficient (Wildman–Crippen LogP) is 0.783. The Morgan fingerprint density at radius 1 is 1.32 bits per heavy atom. The summed E-state index contributed by atoms with van der Waals surface area (Å²) in [4.78, 5) is 18.0. The lowest BCUT2D eigenvalue weighted by atomic mass is 10.1. The number of nitrogens with one attached hydrogen (secondary N) is 3. The highest BCUT2D eigenvalue weighted by Gasteiger charge is 2.25. The topological polar surface area (TPSA) is 98.2 Å². The number of hydrogen-bond acceptors (Lipinski definition) is 5. The summed E-state index contributed by atoms with van der Waals surface area (Å²) in [6.07, 6.45) is 0. The smallest absolute Gasteiger partial charge is 0.221 e. The van der Waals surface area contributed by atoms with Gasteiger partial charge in [-0.3, -0.25) is 9.69 Å². The maximum absolute atomic E-state index is 11.2. The largest absolute Gasteiger partial charge is 0.387 e. The SMILES string of the molecule is CCNC(=NCc1cccc(NC(C)=O)c1)NCC(C)(O)CN1CCOCC1. The molecule has 0 aliphatic carbocycles. The number of morpholine rings is 1. The van der Waals surface area contributed by atoms with Crippen molar-refractivity contribution in [1.82, 2.24) is 15.5 Å². The van der Waals surface area contributed by atoms with Crippen molar-refractivity contribution >= 4 is 17.6 Å². The van der Waals surface area contributed by atoms with Gasteiger partial charge in [-0.1, -0.05) is 12.1 Å². The van der Waals surface area contributed by atoms with E-state index in [1.54, 1.807) is 0 Å². The van der Waals surface area contributed by atoms with E-state index in [2.05, 4.69) is 25.8 Å². The summed E-state index contributed by atoms with van der Waals surface area (Å²) < 4.78 is 5.36. The molecule has 8 nitrogen and oxygen atoms in total. The van der Waals surface area contributed by atoms with Crippen LogP contribution >= 0.6 is 0 Å². The van der Waals surface area contributed by atoms with Crippen molar-refractivity contribution in [2.75, 3.05) is 51.3 Å². The highest BCUT2D eigenvalue weighted by molar-refractivity contribution is 5.88. The highest BCUT2D eigenvalue weighted by atomic mass is 16.5. The molecule has 1 aromatic carbocycles. The number of guanidine groups is 1. The monoisotopic (exact) mass is 391 g/mol. The number of aliphatic imine (C=N–C) groups is 1. The third-order valence-corrected chi connectivity index (χ3v) is 4.32. The minimum Gasteiger partial charge on any atom is -0.387 e. The van der Waals surface area contributed by atoms with Gasteiger partial charge in [0, 0.05) is 45.3 Å². The Bertz CT molecular complexity index is 657. The zero-order chi connectivity index (χ0) is 20.4. The van der Waals surface area contributed by atoms with Crippen molar-refractivity contribution in [2.24, 2.45) is 4.99 Å². The number of ether oxygens (including phenoxy) is 1. The summed E-state index contributed by atoms with van der Waals surface area (Å²) >= 11 is 0. The maximum Gasteiger partial charge on any atom is 0.221 e. The van der Waals surface area contributed by atoms with Crippen LogP contribution in [0.2, 0.25) is 0 Å². The van der Waals surface area contributed by atoms with Crippen LogP contribution in [-0.4, -0.2) is 73.4 Å². The number of aliphatic hydroxyl groups is 1. The standard InChI is InChI=1S/C20H33N5O3/c1-4-21-19(22-13-17-6-5-7-18(12-17)24-16(2)26)23-14-20(3,27)15-25-8-10-28-11-9-25/h5-7,12,27H,4,8-11,13-15H2,1-3H3,(H,24,26)(H2,21,22,23). The first-order valence-electron chi connectivity index (χ1n) is 9.79. The minimum absolute atomic E-state index is 0.0989. The van der Waals surface area contributed by atoms with Crippen molar-refractivity contribution in [3.8, 4) is 0 Å². The van der Waals surface area contributed by atoms with Gasteiger partial charge >= 0.3 is 0 Å². The number of nitrogens with zero attached hydrogens (tertiary/aromatic N) is 2. The van der Waals surface area contributed by atoms with E-state index in [-0.39, 0.29) is 5.91 Å². The minimum atomic E-state index is -0.876. The van der Waals surface area contributed by atoms with Crippen LogP contribution in [0.25, 0.3) is 0 Å². The zero-order valence-corrected chi connectivity index (χ0v) is 17.1. The van der Waals surface area contributed by atoms with E-state index in [1.807, 2.05) is 38.1 Å². The van der Waals surface area contributed by atoms with Crippen LogP contribution in [0.5, 0.6) is 0 Å². The van der Waals surface area contributed by atoms with E-state index >= 15 is 0 Å². The fourth-order valence-electron chi connectivity index (χ4n) is 3.03. The molecule has 1 atom stereocenters. The third-order valence-electron chi connectivity index (χ3n) is 4.32. The molecule has 1 amide bonds. The number of amides is 1. The van der Waals surface area contributed by atoms with Crippen LogP contribution < -0.4 is 16.0 Å². The Morgan fingerprint density at radius 3 is 2.75 bits per heavy atom. The molecule has 28 heavy (non-hydrogen) atoms. The van der Waals surface area contributed by atoms with Crippen LogP contribution in [-0.2, 0) is 16.1 Å². The zero-order valence-electron chi connectivity index (χ0n) is 17.1. The molecular formula is C20H33N5O3. The number of β-amino-alcohol motifs (C(OH)–C–C–N with tert-alkyl or cyclic N) is 1. The quantitative estimate of drug-likeness (QED) is 0.386. The molecule has 2 rings (SSSR count). The molecule has 1 fully saturated rings. The average molecular weight is 392 g/mol. The molecule has 0 saturated carbocycles. The van der Waals surface area contributed by atoms with Crippen molar-refractivity contribution in [1.29, 1.82) is 0 Å². The van der Waals surface area contributed by atoms with E-state index in [4.69, 9.17) is 4.74 Å². The normalized spacial score (nSPS) is 17.6. The lowest BCUT2D eigenvalue weighted by molar-refractivity contribution is -0.114. The van der Waals surface area contributed by atoms with Gasteiger partial charge in [-0.15, -0.1) is 0 Å². The Kier molecular flexibility index (Phi) is 8.69. The average Bonchev–Trinajstić information content (AvgIpc) is 2.64. The summed E-state index contributed by atoms with van der Waals surface area (Å²) in [6, 6.07) is 7.61. The number of carbonyl (C=O) groups excluding carboxylic acids is 1. The molecule has 0 radical (unpaired) electrons. The van der Waals surface area contributed by atoms with E-state index in [0.29, 0.717) is 38.8 Å². The first-order chi connectivity index (χ1) is 13.4. The first kappa shape index (κ1) is 22.1. The molecule has 1 aromatic rings. The van der Waals surface area contributed by atoms with Gasteiger partial charge < -0.3 is 25.8 Å². The Hall–Kier alpha value is -2.16. The Morgan fingerprint density at radius 2 is 2.07 bits per heavy atom. The number of hydrogen-bond donors (Lipinski definition) is 4. The predicted molar refractivity (Wildman–Crippen MR) is 111 cm³/mol.